The van der Waals surface area contributed by atoms with Crippen LogP contribution in [0.15, 0.2) is 101 Å². The topological polar surface area (TPSA) is 141 Å². The van der Waals surface area contributed by atoms with Gasteiger partial charge in [-0.15, -0.1) is 0 Å². The Morgan fingerprint density at radius 2 is 1.15 bits per heavy atom. The summed E-state index contributed by atoms with van der Waals surface area (Å²) in [5.41, 5.74) is 4.27. The van der Waals surface area contributed by atoms with Crippen LogP contribution < -0.4 is 9.47 Å². The van der Waals surface area contributed by atoms with Crippen LogP contribution >= 0.6 is 0 Å². The lowest BCUT2D eigenvalue weighted by Crippen LogP contribution is -1.90. The molecule has 0 radical (unpaired) electrons. The molecule has 6 aromatic heterocycles. The largest absolute Gasteiger partial charge is 0.454 e. The quantitative estimate of drug-likeness (QED) is 0.238. The van der Waals surface area contributed by atoms with Crippen molar-refractivity contribution in [1.82, 2.24) is 34.9 Å². The Labute approximate surface area is 224 Å². The van der Waals surface area contributed by atoms with Gasteiger partial charge < -0.3 is 28.3 Å². The monoisotopic (exact) mass is 527 g/mol. The number of nitrogens with one attached hydrogen (secondary N) is 2. The summed E-state index contributed by atoms with van der Waals surface area (Å²) in [6.45, 7) is 0. The molecule has 0 saturated carbocycles. The number of aromatic amines is 2. The Morgan fingerprint density at radius 3 is 1.62 bits per heavy atom. The minimum atomic E-state index is 0.307. The van der Waals surface area contributed by atoms with Gasteiger partial charge in [-0.1, -0.05) is 0 Å². The maximum atomic E-state index is 6.22. The molecule has 0 aliphatic carbocycles. The second-order valence-electron chi connectivity index (χ2n) is 8.92. The van der Waals surface area contributed by atoms with Gasteiger partial charge in [0.25, 0.3) is 0 Å². The first-order chi connectivity index (χ1) is 19.8. The highest BCUT2D eigenvalue weighted by atomic mass is 16.5. The Morgan fingerprint density at radius 1 is 0.625 bits per heavy atom. The molecule has 2 aliphatic heterocycles. The number of rotatable bonds is 6. The molecule has 11 heteroatoms. The second kappa shape index (κ2) is 8.81. The maximum absolute atomic E-state index is 6.22. The SMILES string of the molecule is c1cncc(-c2cc3c(Oc4ncnc(Oc5[nH]cc6oc(-c7cccnc7)cc56)c5cncc4-5)[nH]cc3o2)c1. The zero-order valence-corrected chi connectivity index (χ0v) is 20.5. The molecule has 0 unspecified atom stereocenters. The lowest BCUT2D eigenvalue weighted by atomic mass is 10.2. The van der Waals surface area contributed by atoms with Crippen molar-refractivity contribution >= 4 is 21.9 Å². The molecule has 0 atom stereocenters. The van der Waals surface area contributed by atoms with E-state index < -0.39 is 0 Å². The molecule has 0 saturated heterocycles. The van der Waals surface area contributed by atoms with Crippen LogP contribution in [0.2, 0.25) is 0 Å². The molecule has 6 aromatic rings. The minimum absolute atomic E-state index is 0.307. The molecule has 2 N–H and O–H groups in total. The highest BCUT2D eigenvalue weighted by molar-refractivity contribution is 5.89. The summed E-state index contributed by atoms with van der Waals surface area (Å²) >= 11 is 0. The fraction of sp³-hybridized carbons (Fsp3) is 0. The van der Waals surface area contributed by atoms with Crippen molar-refractivity contribution in [3.05, 3.63) is 92.3 Å². The second-order valence-corrected chi connectivity index (χ2v) is 8.92. The highest BCUT2D eigenvalue weighted by Gasteiger charge is 2.22. The van der Waals surface area contributed by atoms with E-state index in [1.54, 1.807) is 49.6 Å². The fourth-order valence-electron chi connectivity index (χ4n) is 4.56. The van der Waals surface area contributed by atoms with Crippen molar-refractivity contribution in [2.24, 2.45) is 0 Å². The maximum Gasteiger partial charge on any atom is 0.232 e. The molecule has 2 aliphatic rings. The van der Waals surface area contributed by atoms with Crippen molar-refractivity contribution < 1.29 is 18.3 Å². The summed E-state index contributed by atoms with van der Waals surface area (Å²) in [4.78, 5) is 27.7. The van der Waals surface area contributed by atoms with E-state index in [4.69, 9.17) is 18.3 Å². The average Bonchev–Trinajstić information content (AvgIpc) is 3.81. The first kappa shape index (κ1) is 22.1. The van der Waals surface area contributed by atoms with Crippen LogP contribution in [0, 0.1) is 0 Å². The van der Waals surface area contributed by atoms with E-state index in [2.05, 4.69) is 34.9 Å². The van der Waals surface area contributed by atoms with Gasteiger partial charge in [0.2, 0.25) is 23.5 Å². The summed E-state index contributed by atoms with van der Waals surface area (Å²) in [5.74, 6) is 2.94. The van der Waals surface area contributed by atoms with Gasteiger partial charge in [-0.2, -0.15) is 0 Å². The third-order valence-corrected chi connectivity index (χ3v) is 6.48. The van der Waals surface area contributed by atoms with Crippen molar-refractivity contribution in [3.63, 3.8) is 0 Å². The van der Waals surface area contributed by atoms with Crippen LogP contribution in [0.1, 0.15) is 0 Å². The smallest absolute Gasteiger partial charge is 0.232 e. The number of aromatic nitrogens is 7. The minimum Gasteiger partial charge on any atom is -0.454 e. The summed E-state index contributed by atoms with van der Waals surface area (Å²) in [6.07, 6.45) is 15.1. The summed E-state index contributed by atoms with van der Waals surface area (Å²) in [5, 5.41) is 1.53. The van der Waals surface area contributed by atoms with Crippen LogP contribution in [-0.2, 0) is 0 Å². The van der Waals surface area contributed by atoms with E-state index in [0.29, 0.717) is 57.3 Å². The number of ether oxygens (including phenoxy) is 2. The van der Waals surface area contributed by atoms with Gasteiger partial charge in [-0.3, -0.25) is 15.0 Å². The van der Waals surface area contributed by atoms with Crippen LogP contribution in [0.25, 0.3) is 55.7 Å². The van der Waals surface area contributed by atoms with Gasteiger partial charge in [0, 0.05) is 60.7 Å². The Balaban J connectivity index is 1.11. The van der Waals surface area contributed by atoms with E-state index in [-0.39, 0.29) is 0 Å². The van der Waals surface area contributed by atoms with E-state index in [9.17, 15) is 0 Å². The van der Waals surface area contributed by atoms with Crippen LogP contribution in [-0.4, -0.2) is 34.9 Å². The molecule has 40 heavy (non-hydrogen) atoms. The first-order valence-electron chi connectivity index (χ1n) is 12.3. The normalized spacial score (nSPS) is 11.5. The molecule has 0 spiro atoms. The molecule has 0 bridgehead atoms. The number of pyridine rings is 2. The van der Waals surface area contributed by atoms with E-state index in [0.717, 1.165) is 21.9 Å². The summed E-state index contributed by atoms with van der Waals surface area (Å²) < 4.78 is 24.4. The summed E-state index contributed by atoms with van der Waals surface area (Å²) in [7, 11) is 0. The van der Waals surface area contributed by atoms with E-state index in [1.807, 2.05) is 36.4 Å². The highest BCUT2D eigenvalue weighted by Crippen LogP contribution is 2.42. The van der Waals surface area contributed by atoms with Gasteiger partial charge in [-0.05, 0) is 36.4 Å². The predicted molar refractivity (Wildman–Crippen MR) is 144 cm³/mol. The molecule has 0 amide bonds. The van der Waals surface area contributed by atoms with Gasteiger partial charge in [-0.25, -0.2) is 9.97 Å². The van der Waals surface area contributed by atoms with Gasteiger partial charge in [0.05, 0.1) is 21.9 Å². The lowest BCUT2D eigenvalue weighted by molar-refractivity contribution is 0.454. The molecule has 0 fully saturated rings. The fourth-order valence-corrected chi connectivity index (χ4v) is 4.56. The van der Waals surface area contributed by atoms with E-state index >= 15 is 0 Å². The number of nitrogens with zero attached hydrogens (tertiary/aromatic N) is 5. The number of hydrogen-bond donors (Lipinski definition) is 2. The molecule has 8 heterocycles. The summed E-state index contributed by atoms with van der Waals surface area (Å²) in [6, 6.07) is 11.4. The number of furan rings is 2. The van der Waals surface area contributed by atoms with Crippen molar-refractivity contribution in [2.75, 3.05) is 0 Å². The zero-order chi connectivity index (χ0) is 26.5. The Bertz CT molecular complexity index is 1930. The molecule has 11 nitrogen and oxygen atoms in total. The molecular weight excluding hydrogens is 510 g/mol. The van der Waals surface area contributed by atoms with Crippen LogP contribution in [0.5, 0.6) is 23.5 Å². The third kappa shape index (κ3) is 3.64. The van der Waals surface area contributed by atoms with E-state index in [1.165, 1.54) is 6.33 Å². The standard InChI is InChI=1S/C29H17N7O4/c1-3-16(9-30-5-1)22-7-18-24(37-22)13-33-26(18)39-28-20-11-32-12-21(20)29(36-15-35-28)40-27-19-8-23(38-25(19)14-34-27)17-4-2-6-31-10-17/h1-15,33-34H. The van der Waals surface area contributed by atoms with Crippen molar-refractivity contribution in [2.45, 2.75) is 0 Å². The van der Waals surface area contributed by atoms with Crippen molar-refractivity contribution in [3.8, 4) is 57.3 Å². The predicted octanol–water partition coefficient (Wildman–Crippen LogP) is 6.83. The Hall–Kier alpha value is -5.97. The van der Waals surface area contributed by atoms with Gasteiger partial charge in [0.15, 0.2) is 11.2 Å². The third-order valence-electron chi connectivity index (χ3n) is 6.48. The van der Waals surface area contributed by atoms with Gasteiger partial charge >= 0.3 is 0 Å². The number of fused-ring (bicyclic) bond motifs is 3. The molecular formula is C29H17N7O4. The lowest BCUT2D eigenvalue weighted by Gasteiger charge is -2.05. The average molecular weight is 528 g/mol. The number of H-pyrrole nitrogens is 2. The van der Waals surface area contributed by atoms with Crippen molar-refractivity contribution in [1.29, 1.82) is 0 Å². The van der Waals surface area contributed by atoms with Crippen LogP contribution in [0.4, 0.5) is 0 Å². The molecule has 8 rings (SSSR count). The first-order valence-corrected chi connectivity index (χ1v) is 12.3. The molecule has 0 aromatic carbocycles. The zero-order valence-electron chi connectivity index (χ0n) is 20.5. The van der Waals surface area contributed by atoms with Gasteiger partial charge in [0.1, 0.15) is 17.8 Å². The number of hydrogen-bond acceptors (Lipinski definition) is 9. The molecule has 192 valence electrons. The van der Waals surface area contributed by atoms with Crippen LogP contribution in [0.3, 0.4) is 0 Å². The Kier molecular flexibility index (Phi) is 4.86.